The Morgan fingerprint density at radius 1 is 0.630 bits per heavy atom. The van der Waals surface area contributed by atoms with Crippen LogP contribution in [0.2, 0.25) is 0 Å². The normalized spacial score (nSPS) is 12.6. The Balaban J connectivity index is 3.44. The SMILES string of the molecule is CCCS(=O)(=O)Oc1cccc(OS(=O)(=O)CCC)c1OS(=O)(=O)CCC. The van der Waals surface area contributed by atoms with Gasteiger partial charge in [0.05, 0.1) is 17.3 Å². The number of benzene rings is 1. The largest absolute Gasteiger partial charge is 0.378 e. The van der Waals surface area contributed by atoms with E-state index in [1.807, 2.05) is 0 Å². The zero-order valence-corrected chi connectivity index (χ0v) is 17.8. The van der Waals surface area contributed by atoms with Crippen LogP contribution in [0.15, 0.2) is 18.2 Å². The van der Waals surface area contributed by atoms with Crippen molar-refractivity contribution in [2.75, 3.05) is 17.3 Å². The van der Waals surface area contributed by atoms with Crippen molar-refractivity contribution >= 4 is 30.4 Å². The molecule has 1 rings (SSSR count). The molecule has 1 aromatic carbocycles. The summed E-state index contributed by atoms with van der Waals surface area (Å²) < 4.78 is 86.7. The maximum absolute atomic E-state index is 12.1. The van der Waals surface area contributed by atoms with Gasteiger partial charge >= 0.3 is 30.4 Å². The van der Waals surface area contributed by atoms with Gasteiger partial charge in [0.15, 0.2) is 11.5 Å². The summed E-state index contributed by atoms with van der Waals surface area (Å²) in [5.74, 6) is -2.53. The average molecular weight is 445 g/mol. The van der Waals surface area contributed by atoms with E-state index in [9.17, 15) is 25.3 Å². The lowest BCUT2D eigenvalue weighted by molar-refractivity contribution is 0.427. The fourth-order valence-electron chi connectivity index (χ4n) is 1.98. The van der Waals surface area contributed by atoms with Crippen molar-refractivity contribution in [3.8, 4) is 17.2 Å². The quantitative estimate of drug-likeness (QED) is 0.444. The fraction of sp³-hybridized carbons (Fsp3) is 0.600. The van der Waals surface area contributed by atoms with Crippen LogP contribution in [0.4, 0.5) is 0 Å². The van der Waals surface area contributed by atoms with Crippen molar-refractivity contribution in [3.05, 3.63) is 18.2 Å². The van der Waals surface area contributed by atoms with Crippen LogP contribution in [0.1, 0.15) is 40.0 Å². The van der Waals surface area contributed by atoms with Crippen LogP contribution in [-0.4, -0.2) is 42.5 Å². The van der Waals surface area contributed by atoms with E-state index in [-0.39, 0.29) is 36.5 Å². The zero-order valence-electron chi connectivity index (χ0n) is 15.4. The summed E-state index contributed by atoms with van der Waals surface area (Å²) >= 11 is 0. The van der Waals surface area contributed by atoms with Crippen LogP contribution in [0.3, 0.4) is 0 Å². The van der Waals surface area contributed by atoms with Gasteiger partial charge in [0.1, 0.15) is 0 Å². The van der Waals surface area contributed by atoms with Crippen molar-refractivity contribution in [2.45, 2.75) is 40.0 Å². The van der Waals surface area contributed by atoms with Gasteiger partial charge in [0.2, 0.25) is 5.75 Å². The highest BCUT2D eigenvalue weighted by molar-refractivity contribution is 7.87. The van der Waals surface area contributed by atoms with Gasteiger partial charge in [-0.15, -0.1) is 0 Å². The van der Waals surface area contributed by atoms with Crippen LogP contribution in [0.25, 0.3) is 0 Å². The topological polar surface area (TPSA) is 130 Å². The lowest BCUT2D eigenvalue weighted by Gasteiger charge is -2.15. The van der Waals surface area contributed by atoms with Crippen molar-refractivity contribution in [1.29, 1.82) is 0 Å². The molecular weight excluding hydrogens is 420 g/mol. The lowest BCUT2D eigenvalue weighted by Crippen LogP contribution is -2.19. The molecule has 0 aliphatic heterocycles. The van der Waals surface area contributed by atoms with Crippen molar-refractivity contribution in [2.24, 2.45) is 0 Å². The number of hydrogen-bond donors (Lipinski definition) is 0. The second kappa shape index (κ2) is 9.60. The molecule has 0 fully saturated rings. The highest BCUT2D eigenvalue weighted by Gasteiger charge is 2.26. The van der Waals surface area contributed by atoms with Gasteiger partial charge < -0.3 is 12.5 Å². The average Bonchev–Trinajstić information content (AvgIpc) is 2.49. The van der Waals surface area contributed by atoms with E-state index < -0.39 is 47.6 Å². The fourth-order valence-corrected chi connectivity index (χ4v) is 4.96. The molecule has 0 aliphatic rings. The molecule has 0 amide bonds. The van der Waals surface area contributed by atoms with Crippen molar-refractivity contribution in [3.63, 3.8) is 0 Å². The van der Waals surface area contributed by atoms with E-state index in [1.165, 1.54) is 6.07 Å². The van der Waals surface area contributed by atoms with E-state index in [0.717, 1.165) is 12.1 Å². The van der Waals surface area contributed by atoms with Crippen LogP contribution >= 0.6 is 0 Å². The van der Waals surface area contributed by atoms with Gasteiger partial charge in [-0.1, -0.05) is 26.8 Å². The smallest absolute Gasteiger partial charge is 0.309 e. The van der Waals surface area contributed by atoms with Gasteiger partial charge in [-0.3, -0.25) is 0 Å². The maximum Gasteiger partial charge on any atom is 0.309 e. The molecule has 0 saturated heterocycles. The first kappa shape index (κ1) is 23.5. The highest BCUT2D eigenvalue weighted by atomic mass is 32.2. The highest BCUT2D eigenvalue weighted by Crippen LogP contribution is 2.40. The molecular formula is C15H24O9S3. The predicted molar refractivity (Wildman–Crippen MR) is 101 cm³/mol. The Kier molecular flexibility index (Phi) is 8.36. The molecule has 0 aliphatic carbocycles. The molecule has 0 heterocycles. The molecule has 0 aromatic heterocycles. The Bertz CT molecular complexity index is 876. The summed E-state index contributed by atoms with van der Waals surface area (Å²) in [5.41, 5.74) is 0. The van der Waals surface area contributed by atoms with Gasteiger partial charge in [-0.2, -0.15) is 25.3 Å². The molecule has 156 valence electrons. The third-order valence-corrected chi connectivity index (χ3v) is 6.96. The lowest BCUT2D eigenvalue weighted by atomic mass is 10.3. The van der Waals surface area contributed by atoms with Crippen LogP contribution in [-0.2, 0) is 30.4 Å². The van der Waals surface area contributed by atoms with Gasteiger partial charge in [0, 0.05) is 0 Å². The van der Waals surface area contributed by atoms with Gasteiger partial charge in [0.25, 0.3) is 0 Å². The summed E-state index contributed by atoms with van der Waals surface area (Å²) in [4.78, 5) is 0. The van der Waals surface area contributed by atoms with Crippen LogP contribution < -0.4 is 12.5 Å². The molecule has 9 nitrogen and oxygen atoms in total. The number of hydrogen-bond acceptors (Lipinski definition) is 9. The Morgan fingerprint density at radius 3 is 1.30 bits per heavy atom. The summed E-state index contributed by atoms with van der Waals surface area (Å²) in [7, 11) is -12.2. The summed E-state index contributed by atoms with van der Waals surface area (Å²) in [6.07, 6.45) is 0.783. The Labute approximate surface area is 161 Å². The van der Waals surface area contributed by atoms with Gasteiger partial charge in [-0.05, 0) is 31.4 Å². The molecule has 0 bridgehead atoms. The first-order valence-electron chi connectivity index (χ1n) is 8.34. The molecule has 0 saturated carbocycles. The first-order valence-corrected chi connectivity index (χ1v) is 13.1. The summed E-state index contributed by atoms with van der Waals surface area (Å²) in [5, 5.41) is 0. The zero-order chi connectivity index (χ0) is 20.7. The molecule has 0 unspecified atom stereocenters. The Morgan fingerprint density at radius 2 is 0.963 bits per heavy atom. The monoisotopic (exact) mass is 444 g/mol. The standard InChI is InChI=1S/C15H24O9S3/c1-4-10-25(16,17)22-13-8-7-9-14(23-26(18,19)11-5-2)15(13)24-27(20,21)12-6-3/h7-9H,4-6,10-12H2,1-3H3. The number of rotatable bonds is 12. The van der Waals surface area contributed by atoms with E-state index in [0.29, 0.717) is 0 Å². The van der Waals surface area contributed by atoms with E-state index in [1.54, 1.807) is 20.8 Å². The first-order chi connectivity index (χ1) is 12.5. The molecule has 27 heavy (non-hydrogen) atoms. The third-order valence-electron chi connectivity index (χ3n) is 2.95. The van der Waals surface area contributed by atoms with Crippen LogP contribution in [0, 0.1) is 0 Å². The predicted octanol–water partition coefficient (Wildman–Crippen LogP) is 2.04. The number of para-hydroxylation sites is 1. The minimum atomic E-state index is -4.12. The van der Waals surface area contributed by atoms with Gasteiger partial charge in [-0.25, -0.2) is 0 Å². The molecule has 0 radical (unpaired) electrons. The van der Waals surface area contributed by atoms with Crippen LogP contribution in [0.5, 0.6) is 17.2 Å². The summed E-state index contributed by atoms with van der Waals surface area (Å²) in [6, 6.07) is 3.58. The van der Waals surface area contributed by atoms with E-state index >= 15 is 0 Å². The minimum absolute atomic E-state index is 0.240. The molecule has 0 N–H and O–H groups in total. The molecule has 0 atom stereocenters. The second-order valence-electron chi connectivity index (χ2n) is 5.62. The summed E-state index contributed by atoms with van der Waals surface area (Å²) in [6.45, 7) is 4.86. The van der Waals surface area contributed by atoms with Crippen molar-refractivity contribution in [1.82, 2.24) is 0 Å². The maximum atomic E-state index is 12.1. The minimum Gasteiger partial charge on any atom is -0.378 e. The van der Waals surface area contributed by atoms with E-state index in [4.69, 9.17) is 12.5 Å². The third kappa shape index (κ3) is 7.93. The van der Waals surface area contributed by atoms with E-state index in [2.05, 4.69) is 0 Å². The molecule has 12 heteroatoms. The molecule has 1 aromatic rings. The Hall–Kier alpha value is -1.53. The second-order valence-corrected chi connectivity index (χ2v) is 10.7. The van der Waals surface area contributed by atoms with Crippen molar-refractivity contribution < 1.29 is 37.8 Å². The molecule has 0 spiro atoms.